The third-order valence-electron chi connectivity index (χ3n) is 5.59. The summed E-state index contributed by atoms with van der Waals surface area (Å²) in [5.74, 6) is -0.647. The Morgan fingerprint density at radius 2 is 1.38 bits per heavy atom. The Labute approximate surface area is 222 Å². The number of nitrogens with zero attached hydrogens (tertiary/aromatic N) is 1. The highest BCUT2D eigenvalue weighted by Crippen LogP contribution is 2.33. The number of ether oxygens (including phenoxy) is 1. The molecule has 39 heavy (non-hydrogen) atoms. The van der Waals surface area contributed by atoms with Gasteiger partial charge < -0.3 is 4.74 Å². The van der Waals surface area contributed by atoms with Gasteiger partial charge in [-0.15, -0.1) is 13.2 Å². The first-order valence-electron chi connectivity index (χ1n) is 11.0. The predicted molar refractivity (Wildman–Crippen MR) is 136 cm³/mol. The zero-order valence-electron chi connectivity index (χ0n) is 20.2. The number of fused-ring (bicyclic) bond motifs is 1. The monoisotopic (exact) mass is 602 g/mol. The van der Waals surface area contributed by atoms with Crippen LogP contribution in [0.5, 0.6) is 5.75 Å². The summed E-state index contributed by atoms with van der Waals surface area (Å²) in [6.07, 6.45) is -4.00. The lowest BCUT2D eigenvalue weighted by atomic mass is 10.1. The second kappa shape index (κ2) is 9.97. The van der Waals surface area contributed by atoms with Gasteiger partial charge in [-0.25, -0.2) is 33.9 Å². The summed E-state index contributed by atoms with van der Waals surface area (Å²) in [7, 11) is -12.6. The number of benzene rings is 3. The Bertz CT molecular complexity index is 1850. The Kier molecular flexibility index (Phi) is 7.31. The van der Waals surface area contributed by atoms with E-state index in [-0.39, 0.29) is 10.4 Å². The molecule has 1 atom stereocenters. The van der Waals surface area contributed by atoms with Crippen LogP contribution in [0.15, 0.2) is 93.7 Å². The molecular formula is C24H21F3N2O7S3. The van der Waals surface area contributed by atoms with Crippen molar-refractivity contribution < 1.29 is 43.2 Å². The molecule has 0 amide bonds. The van der Waals surface area contributed by atoms with E-state index in [1.165, 1.54) is 48.5 Å². The SMILES string of the molecule is CC(NS(C)(=O)=O)c1ccc(S(=O)(=O)c2cc3ccccc3n2S(=O)(=O)c2ccc(OC(F)(F)F)cc2)cc1. The summed E-state index contributed by atoms with van der Waals surface area (Å²) < 4.78 is 122. The second-order valence-corrected chi connectivity index (χ2v) is 14.0. The number of nitrogens with one attached hydrogen (secondary N) is 1. The van der Waals surface area contributed by atoms with Crippen LogP contribution >= 0.6 is 0 Å². The molecule has 1 aromatic heterocycles. The average molecular weight is 603 g/mol. The number of aromatic nitrogens is 1. The van der Waals surface area contributed by atoms with Crippen molar-refractivity contribution >= 4 is 40.8 Å². The van der Waals surface area contributed by atoms with Gasteiger partial charge in [-0.1, -0.05) is 30.3 Å². The molecule has 0 saturated carbocycles. The summed E-state index contributed by atoms with van der Waals surface area (Å²) in [5, 5.41) is -0.298. The van der Waals surface area contributed by atoms with E-state index in [1.54, 1.807) is 13.0 Å². The molecule has 1 N–H and O–H groups in total. The van der Waals surface area contributed by atoms with Crippen molar-refractivity contribution in [3.8, 4) is 5.75 Å². The molecular weight excluding hydrogens is 581 g/mol. The van der Waals surface area contributed by atoms with E-state index in [0.29, 0.717) is 14.9 Å². The zero-order chi connectivity index (χ0) is 28.8. The predicted octanol–water partition coefficient (Wildman–Crippen LogP) is 4.22. The van der Waals surface area contributed by atoms with Gasteiger partial charge in [0.15, 0.2) is 5.03 Å². The van der Waals surface area contributed by atoms with Gasteiger partial charge in [0, 0.05) is 11.4 Å². The van der Waals surface area contributed by atoms with Crippen molar-refractivity contribution in [2.45, 2.75) is 34.1 Å². The highest BCUT2D eigenvalue weighted by atomic mass is 32.2. The molecule has 0 spiro atoms. The van der Waals surface area contributed by atoms with Crippen molar-refractivity contribution in [1.82, 2.24) is 8.69 Å². The number of para-hydroxylation sites is 1. The maximum atomic E-state index is 13.7. The molecule has 0 saturated heterocycles. The van der Waals surface area contributed by atoms with Crippen LogP contribution in [0.1, 0.15) is 18.5 Å². The van der Waals surface area contributed by atoms with Gasteiger partial charge >= 0.3 is 6.36 Å². The Hall–Kier alpha value is -3.40. The maximum absolute atomic E-state index is 13.7. The van der Waals surface area contributed by atoms with Gasteiger partial charge in [0.25, 0.3) is 10.0 Å². The van der Waals surface area contributed by atoms with Crippen molar-refractivity contribution in [2.75, 3.05) is 6.26 Å². The Morgan fingerprint density at radius 1 is 0.821 bits per heavy atom. The van der Waals surface area contributed by atoms with E-state index in [9.17, 15) is 38.4 Å². The first kappa shape index (κ1) is 28.6. The van der Waals surface area contributed by atoms with Crippen LogP contribution in [0.4, 0.5) is 13.2 Å². The number of rotatable bonds is 8. The minimum absolute atomic E-state index is 0.0364. The number of hydrogen-bond acceptors (Lipinski definition) is 7. The van der Waals surface area contributed by atoms with E-state index in [1.807, 2.05) is 0 Å². The van der Waals surface area contributed by atoms with Crippen LogP contribution in [0.3, 0.4) is 0 Å². The third-order valence-corrected chi connectivity index (χ3v) is 9.97. The molecule has 1 unspecified atom stereocenters. The number of sulfonamides is 1. The maximum Gasteiger partial charge on any atom is 0.573 e. The third kappa shape index (κ3) is 6.11. The van der Waals surface area contributed by atoms with Crippen LogP contribution in [0.2, 0.25) is 0 Å². The molecule has 9 nitrogen and oxygen atoms in total. The van der Waals surface area contributed by atoms with Crippen molar-refractivity contribution in [3.63, 3.8) is 0 Å². The van der Waals surface area contributed by atoms with E-state index in [4.69, 9.17) is 0 Å². The van der Waals surface area contributed by atoms with Gasteiger partial charge in [-0.3, -0.25) is 0 Å². The molecule has 1 heterocycles. The summed E-state index contributed by atoms with van der Waals surface area (Å²) in [4.78, 5) is -0.725. The minimum atomic E-state index is -4.98. The number of halogens is 3. The van der Waals surface area contributed by atoms with Crippen LogP contribution in [-0.2, 0) is 29.9 Å². The molecule has 0 aliphatic heterocycles. The fourth-order valence-electron chi connectivity index (χ4n) is 3.90. The van der Waals surface area contributed by atoms with E-state index < -0.39 is 58.0 Å². The lowest BCUT2D eigenvalue weighted by Gasteiger charge is -2.15. The smallest absolute Gasteiger partial charge is 0.406 e. The second-order valence-electron chi connectivity index (χ2n) is 8.51. The Balaban J connectivity index is 1.81. The molecule has 0 fully saturated rings. The van der Waals surface area contributed by atoms with E-state index in [0.717, 1.165) is 30.5 Å². The Morgan fingerprint density at radius 3 is 1.95 bits per heavy atom. The first-order valence-corrected chi connectivity index (χ1v) is 15.8. The fraction of sp³-hybridized carbons (Fsp3) is 0.167. The molecule has 4 aromatic rings. The number of hydrogen-bond donors (Lipinski definition) is 1. The molecule has 208 valence electrons. The quantitative estimate of drug-likeness (QED) is 0.320. The number of sulfone groups is 1. The van der Waals surface area contributed by atoms with Gasteiger partial charge in [-0.2, -0.15) is 0 Å². The summed E-state index contributed by atoms with van der Waals surface area (Å²) in [5.41, 5.74) is 0.503. The van der Waals surface area contributed by atoms with Crippen LogP contribution in [0.25, 0.3) is 10.9 Å². The summed E-state index contributed by atoms with van der Waals surface area (Å²) >= 11 is 0. The summed E-state index contributed by atoms with van der Waals surface area (Å²) in [6, 6.07) is 15.2. The highest BCUT2D eigenvalue weighted by molar-refractivity contribution is 7.93. The van der Waals surface area contributed by atoms with Gasteiger partial charge in [0.2, 0.25) is 19.9 Å². The van der Waals surface area contributed by atoms with E-state index in [2.05, 4.69) is 9.46 Å². The molecule has 0 radical (unpaired) electrons. The standard InChI is InChI=1S/C24H21F3N2O7S3/c1-16(28-37(2,30)31)17-7-11-20(12-8-17)38(32,33)23-15-18-5-3-4-6-22(18)29(23)39(34,35)21-13-9-19(10-14-21)36-24(25,26)27/h3-16,28H,1-2H3. The van der Waals surface area contributed by atoms with Crippen molar-refractivity contribution in [3.05, 3.63) is 84.4 Å². The molecule has 0 aliphatic carbocycles. The fourth-order valence-corrected chi connectivity index (χ4v) is 8.01. The lowest BCUT2D eigenvalue weighted by Crippen LogP contribution is -2.25. The van der Waals surface area contributed by atoms with Gasteiger partial charge in [-0.05, 0) is 61.0 Å². The number of alkyl halides is 3. The van der Waals surface area contributed by atoms with Crippen molar-refractivity contribution in [1.29, 1.82) is 0 Å². The minimum Gasteiger partial charge on any atom is -0.406 e. The molecule has 3 aromatic carbocycles. The average Bonchev–Trinajstić information content (AvgIpc) is 3.24. The topological polar surface area (TPSA) is 129 Å². The van der Waals surface area contributed by atoms with Gasteiger partial charge in [0.1, 0.15) is 5.75 Å². The van der Waals surface area contributed by atoms with Crippen LogP contribution in [-0.4, -0.2) is 41.8 Å². The molecule has 0 aliphatic rings. The molecule has 0 bridgehead atoms. The normalized spacial score (nSPS) is 13.9. The van der Waals surface area contributed by atoms with Gasteiger partial charge in [0.05, 0.1) is 21.6 Å². The highest BCUT2D eigenvalue weighted by Gasteiger charge is 2.33. The largest absolute Gasteiger partial charge is 0.573 e. The lowest BCUT2D eigenvalue weighted by molar-refractivity contribution is -0.274. The summed E-state index contributed by atoms with van der Waals surface area (Å²) in [6.45, 7) is 1.57. The first-order chi connectivity index (χ1) is 18.0. The van der Waals surface area contributed by atoms with E-state index >= 15 is 0 Å². The van der Waals surface area contributed by atoms with Crippen molar-refractivity contribution in [2.24, 2.45) is 0 Å². The molecule has 15 heteroatoms. The zero-order valence-corrected chi connectivity index (χ0v) is 22.7. The van der Waals surface area contributed by atoms with Crippen LogP contribution in [0, 0.1) is 0 Å². The van der Waals surface area contributed by atoms with Crippen LogP contribution < -0.4 is 9.46 Å². The molecule has 4 rings (SSSR count).